The molecule has 2 aromatic heterocycles. The van der Waals surface area contributed by atoms with Crippen molar-refractivity contribution >= 4 is 17.5 Å². The van der Waals surface area contributed by atoms with Gasteiger partial charge in [-0.3, -0.25) is 4.79 Å². The molecule has 158 valence electrons. The molecule has 0 unspecified atom stereocenters. The van der Waals surface area contributed by atoms with Gasteiger partial charge in [0.25, 0.3) is 5.91 Å². The van der Waals surface area contributed by atoms with Gasteiger partial charge >= 0.3 is 0 Å². The molecule has 0 bridgehead atoms. The molecule has 1 atom stereocenters. The zero-order valence-electron chi connectivity index (χ0n) is 16.9. The fraction of sp³-hybridized carbons (Fsp3) is 0.409. The molecule has 1 aliphatic rings. The second kappa shape index (κ2) is 8.39. The third-order valence-corrected chi connectivity index (χ3v) is 5.91. The second-order valence-electron chi connectivity index (χ2n) is 7.96. The monoisotopic (exact) mass is 411 g/mol. The summed E-state index contributed by atoms with van der Waals surface area (Å²) in [7, 11) is 0. The number of carbonyl (C=O) groups excluding carboxylic acids is 1. The van der Waals surface area contributed by atoms with Crippen LogP contribution in [0.4, 0.5) is 10.3 Å². The molecule has 2 heterocycles. The Balaban J connectivity index is 1.52. The van der Waals surface area contributed by atoms with E-state index in [4.69, 9.17) is 5.73 Å². The first-order valence-corrected chi connectivity index (χ1v) is 10.3. The normalized spacial score (nSPS) is 15.6. The number of halogens is 1. The van der Waals surface area contributed by atoms with Gasteiger partial charge in [0.1, 0.15) is 5.82 Å². The van der Waals surface area contributed by atoms with Crippen molar-refractivity contribution in [1.29, 1.82) is 0 Å². The van der Waals surface area contributed by atoms with Crippen LogP contribution in [0.2, 0.25) is 0 Å². The Labute approximate surface area is 174 Å². The molecular weight excluding hydrogens is 385 g/mol. The van der Waals surface area contributed by atoms with Crippen LogP contribution < -0.4 is 11.1 Å². The zero-order valence-corrected chi connectivity index (χ0v) is 16.9. The van der Waals surface area contributed by atoms with Crippen LogP contribution in [0, 0.1) is 18.7 Å². The van der Waals surface area contributed by atoms with Crippen LogP contribution in [0.3, 0.4) is 0 Å². The molecule has 0 radical (unpaired) electrons. The molecule has 4 rings (SSSR count). The number of hydrogen-bond donors (Lipinski definition) is 3. The lowest BCUT2D eigenvalue weighted by Gasteiger charge is -2.18. The van der Waals surface area contributed by atoms with Gasteiger partial charge in [-0.2, -0.15) is 4.98 Å². The fourth-order valence-electron chi connectivity index (χ4n) is 4.24. The van der Waals surface area contributed by atoms with E-state index < -0.39 is 17.8 Å². The molecule has 3 aromatic rings. The Hall–Kier alpha value is -3.00. The Morgan fingerprint density at radius 1 is 1.37 bits per heavy atom. The van der Waals surface area contributed by atoms with Crippen molar-refractivity contribution in [2.45, 2.75) is 45.1 Å². The van der Waals surface area contributed by atoms with E-state index in [1.807, 2.05) is 0 Å². The molecule has 8 heteroatoms. The van der Waals surface area contributed by atoms with Crippen molar-refractivity contribution in [2.24, 2.45) is 5.92 Å². The van der Waals surface area contributed by atoms with Gasteiger partial charge in [-0.15, -0.1) is 5.10 Å². The lowest BCUT2D eigenvalue weighted by molar-refractivity contribution is 0.0890. The summed E-state index contributed by atoms with van der Waals surface area (Å²) in [6.07, 6.45) is 6.07. The summed E-state index contributed by atoms with van der Waals surface area (Å²) in [5.41, 5.74) is 7.57. The molecule has 0 spiro atoms. The Kier molecular flexibility index (Phi) is 5.67. The van der Waals surface area contributed by atoms with Gasteiger partial charge in [-0.25, -0.2) is 8.91 Å². The summed E-state index contributed by atoms with van der Waals surface area (Å²) < 4.78 is 16.8. The van der Waals surface area contributed by atoms with E-state index >= 15 is 4.39 Å². The number of rotatable bonds is 6. The van der Waals surface area contributed by atoms with Gasteiger partial charge < -0.3 is 16.2 Å². The number of aliphatic hydroxyl groups is 1. The standard InChI is InChI=1S/C22H26FN5O2/c1-13-6-7-16(15-9-11-28-18(12-15)26-22(24)27-28)20(23)19(13)21(30)25-10-8-17(29)14-4-2-3-5-14/h6-7,9,11-12,14,17,29H,2-5,8,10H2,1H3,(H2,24,27)(H,25,30)/t17-/m0/s1. The summed E-state index contributed by atoms with van der Waals surface area (Å²) in [6, 6.07) is 6.76. The molecule has 1 amide bonds. The van der Waals surface area contributed by atoms with Crippen molar-refractivity contribution in [3.63, 3.8) is 0 Å². The highest BCUT2D eigenvalue weighted by Gasteiger charge is 2.24. The zero-order chi connectivity index (χ0) is 21.3. The number of anilines is 1. The molecule has 1 fully saturated rings. The molecule has 0 saturated heterocycles. The van der Waals surface area contributed by atoms with Crippen LogP contribution in [0.1, 0.15) is 48.0 Å². The number of fused-ring (bicyclic) bond motifs is 1. The van der Waals surface area contributed by atoms with Gasteiger partial charge in [-0.05, 0) is 55.4 Å². The number of amides is 1. The Bertz CT molecular complexity index is 1070. The number of nitrogens with one attached hydrogen (secondary N) is 1. The summed E-state index contributed by atoms with van der Waals surface area (Å²) in [4.78, 5) is 16.8. The van der Waals surface area contributed by atoms with E-state index in [0.29, 0.717) is 41.2 Å². The molecular formula is C22H26FN5O2. The summed E-state index contributed by atoms with van der Waals surface area (Å²) in [5, 5.41) is 17.1. The van der Waals surface area contributed by atoms with Crippen molar-refractivity contribution in [3.05, 3.63) is 47.4 Å². The Morgan fingerprint density at radius 2 is 2.13 bits per heavy atom. The number of pyridine rings is 1. The van der Waals surface area contributed by atoms with E-state index in [2.05, 4.69) is 15.4 Å². The molecule has 1 saturated carbocycles. The first kappa shape index (κ1) is 20.3. The SMILES string of the molecule is Cc1ccc(-c2ccn3nc(N)nc3c2)c(F)c1C(=O)NCC[C@H](O)C1CCCC1. The van der Waals surface area contributed by atoms with Crippen molar-refractivity contribution < 1.29 is 14.3 Å². The second-order valence-corrected chi connectivity index (χ2v) is 7.96. The van der Waals surface area contributed by atoms with Crippen molar-refractivity contribution in [2.75, 3.05) is 12.3 Å². The van der Waals surface area contributed by atoms with Gasteiger partial charge in [-0.1, -0.05) is 25.0 Å². The first-order chi connectivity index (χ1) is 14.4. The number of aliphatic hydroxyl groups excluding tert-OH is 1. The topological polar surface area (TPSA) is 106 Å². The number of benzene rings is 1. The van der Waals surface area contributed by atoms with Crippen molar-refractivity contribution in [1.82, 2.24) is 19.9 Å². The van der Waals surface area contributed by atoms with Crippen LogP contribution >= 0.6 is 0 Å². The quantitative estimate of drug-likeness (QED) is 0.578. The van der Waals surface area contributed by atoms with E-state index in [1.165, 1.54) is 4.52 Å². The minimum absolute atomic E-state index is 0.0173. The van der Waals surface area contributed by atoms with Crippen LogP contribution in [0.5, 0.6) is 0 Å². The van der Waals surface area contributed by atoms with E-state index in [1.54, 1.807) is 37.4 Å². The smallest absolute Gasteiger partial charge is 0.254 e. The average molecular weight is 411 g/mol. The van der Waals surface area contributed by atoms with E-state index in [-0.39, 0.29) is 11.5 Å². The third kappa shape index (κ3) is 4.00. The van der Waals surface area contributed by atoms with Crippen molar-refractivity contribution in [3.8, 4) is 11.1 Å². The molecule has 0 aliphatic heterocycles. The van der Waals surface area contributed by atoms with E-state index in [9.17, 15) is 9.90 Å². The van der Waals surface area contributed by atoms with Crippen LogP contribution in [-0.2, 0) is 0 Å². The summed E-state index contributed by atoms with van der Waals surface area (Å²) in [5.74, 6) is -0.611. The number of hydrogen-bond acceptors (Lipinski definition) is 5. The highest BCUT2D eigenvalue weighted by molar-refractivity contribution is 5.97. The van der Waals surface area contributed by atoms with Crippen LogP contribution in [-0.4, -0.2) is 38.3 Å². The number of nitrogens with zero attached hydrogens (tertiary/aromatic N) is 3. The Morgan fingerprint density at radius 3 is 2.90 bits per heavy atom. The van der Waals surface area contributed by atoms with Gasteiger partial charge in [0, 0.05) is 18.3 Å². The highest BCUT2D eigenvalue weighted by atomic mass is 19.1. The first-order valence-electron chi connectivity index (χ1n) is 10.3. The maximum absolute atomic E-state index is 15.3. The van der Waals surface area contributed by atoms with Gasteiger partial charge in [0.2, 0.25) is 5.95 Å². The average Bonchev–Trinajstić information content (AvgIpc) is 3.36. The highest BCUT2D eigenvalue weighted by Crippen LogP contribution is 2.29. The minimum Gasteiger partial charge on any atom is -0.393 e. The summed E-state index contributed by atoms with van der Waals surface area (Å²) >= 11 is 0. The van der Waals surface area contributed by atoms with Gasteiger partial charge in [0.15, 0.2) is 5.65 Å². The summed E-state index contributed by atoms with van der Waals surface area (Å²) in [6.45, 7) is 2.02. The molecule has 4 N–H and O–H groups in total. The minimum atomic E-state index is -0.583. The largest absolute Gasteiger partial charge is 0.393 e. The molecule has 1 aromatic carbocycles. The lowest BCUT2D eigenvalue weighted by atomic mass is 9.97. The van der Waals surface area contributed by atoms with E-state index in [0.717, 1.165) is 25.7 Å². The van der Waals surface area contributed by atoms with Crippen LogP contribution in [0.15, 0.2) is 30.5 Å². The maximum Gasteiger partial charge on any atom is 0.254 e. The molecule has 7 nitrogen and oxygen atoms in total. The number of nitrogens with two attached hydrogens (primary N) is 1. The third-order valence-electron chi connectivity index (χ3n) is 5.91. The fourth-order valence-corrected chi connectivity index (χ4v) is 4.24. The number of aryl methyl sites for hydroxylation is 1. The predicted molar refractivity (Wildman–Crippen MR) is 112 cm³/mol. The number of nitrogen functional groups attached to an aromatic ring is 1. The molecule has 1 aliphatic carbocycles. The number of aromatic nitrogens is 3. The molecule has 30 heavy (non-hydrogen) atoms. The lowest BCUT2D eigenvalue weighted by Crippen LogP contribution is -2.30. The van der Waals surface area contributed by atoms with Gasteiger partial charge in [0.05, 0.1) is 11.7 Å². The number of carbonyl (C=O) groups is 1. The maximum atomic E-state index is 15.3. The van der Waals surface area contributed by atoms with Crippen LogP contribution in [0.25, 0.3) is 16.8 Å². The predicted octanol–water partition coefficient (Wildman–Crippen LogP) is 3.10.